The fourth-order valence-electron chi connectivity index (χ4n) is 6.00. The maximum absolute atomic E-state index is 13.6. The van der Waals surface area contributed by atoms with Crippen LogP contribution in [0.4, 0.5) is 26.3 Å². The van der Waals surface area contributed by atoms with Crippen molar-refractivity contribution in [3.05, 3.63) is 89.0 Å². The molecule has 3 aromatic rings. The number of piperidine rings is 2. The van der Waals surface area contributed by atoms with Gasteiger partial charge in [-0.3, -0.25) is 9.69 Å². The predicted octanol–water partition coefficient (Wildman–Crippen LogP) is 6.27. The van der Waals surface area contributed by atoms with Crippen molar-refractivity contribution in [3.8, 4) is 0 Å². The largest absolute Gasteiger partial charge is 0.416 e. The number of amides is 1. The number of rotatable bonds is 7. The summed E-state index contributed by atoms with van der Waals surface area (Å²) in [4.78, 5) is 22.1. The summed E-state index contributed by atoms with van der Waals surface area (Å²) in [5.74, 6) is 0.647. The number of alkyl halides is 6. The average molecular weight is 609 g/mol. The van der Waals surface area contributed by atoms with E-state index in [4.69, 9.17) is 4.74 Å². The summed E-state index contributed by atoms with van der Waals surface area (Å²) in [7, 11) is 1.95. The first-order valence-electron chi connectivity index (χ1n) is 14.3. The van der Waals surface area contributed by atoms with Crippen LogP contribution in [0.5, 0.6) is 0 Å². The average Bonchev–Trinajstić information content (AvgIpc) is 3.39. The van der Waals surface area contributed by atoms with Crippen LogP contribution in [0.15, 0.2) is 60.9 Å². The molecule has 5 rings (SSSR count). The molecule has 0 N–H and O–H groups in total. The molecule has 1 aromatic heterocycles. The van der Waals surface area contributed by atoms with E-state index >= 15 is 0 Å². The van der Waals surface area contributed by atoms with E-state index in [1.807, 2.05) is 53.0 Å². The van der Waals surface area contributed by atoms with Gasteiger partial charge in [-0.1, -0.05) is 30.3 Å². The Labute approximate surface area is 246 Å². The monoisotopic (exact) mass is 608 g/mol. The molecule has 232 valence electrons. The number of aromatic nitrogens is 2. The van der Waals surface area contributed by atoms with Crippen LogP contribution in [0.3, 0.4) is 0 Å². The van der Waals surface area contributed by atoms with E-state index in [1.54, 1.807) is 6.20 Å². The number of imidazole rings is 1. The Morgan fingerprint density at radius 2 is 1.58 bits per heavy atom. The zero-order chi connectivity index (χ0) is 30.8. The van der Waals surface area contributed by atoms with Crippen LogP contribution in [-0.2, 0) is 42.1 Å². The first-order chi connectivity index (χ1) is 20.4. The van der Waals surface area contributed by atoms with E-state index in [2.05, 4.69) is 9.88 Å². The van der Waals surface area contributed by atoms with E-state index in [0.29, 0.717) is 31.6 Å². The first-order valence-corrected chi connectivity index (χ1v) is 14.3. The highest BCUT2D eigenvalue weighted by molar-refractivity contribution is 5.79. The minimum absolute atomic E-state index is 0.0729. The number of benzene rings is 2. The molecule has 0 radical (unpaired) electrons. The van der Waals surface area contributed by atoms with Crippen LogP contribution in [0.2, 0.25) is 0 Å². The Hall–Kier alpha value is -3.38. The Balaban J connectivity index is 1.25. The van der Waals surface area contributed by atoms with E-state index < -0.39 is 36.2 Å². The third-order valence-electron chi connectivity index (χ3n) is 8.42. The van der Waals surface area contributed by atoms with E-state index in [1.165, 1.54) is 0 Å². The highest BCUT2D eigenvalue weighted by Crippen LogP contribution is 2.37. The van der Waals surface area contributed by atoms with Crippen LogP contribution in [-0.4, -0.2) is 57.5 Å². The first kappa shape index (κ1) is 31.1. The Morgan fingerprint density at radius 1 is 0.930 bits per heavy atom. The Bertz CT molecular complexity index is 1350. The van der Waals surface area contributed by atoms with Crippen LogP contribution in [0, 0.1) is 5.92 Å². The third-order valence-corrected chi connectivity index (χ3v) is 8.42. The van der Waals surface area contributed by atoms with Crippen molar-refractivity contribution in [3.63, 3.8) is 0 Å². The van der Waals surface area contributed by atoms with Crippen LogP contribution in [0.1, 0.15) is 53.3 Å². The maximum Gasteiger partial charge on any atom is 0.416 e. The topological polar surface area (TPSA) is 50.6 Å². The molecule has 2 aromatic carbocycles. The second kappa shape index (κ2) is 12.7. The molecule has 2 aliphatic heterocycles. The number of halogens is 6. The summed E-state index contributed by atoms with van der Waals surface area (Å²) in [5, 5.41) is 0. The van der Waals surface area contributed by atoms with Crippen molar-refractivity contribution in [1.29, 1.82) is 0 Å². The molecule has 1 amide bonds. The molecule has 0 aliphatic carbocycles. The third kappa shape index (κ3) is 7.59. The number of aryl methyl sites for hydroxylation is 1. The minimum atomic E-state index is -4.93. The van der Waals surface area contributed by atoms with Crippen molar-refractivity contribution < 1.29 is 35.9 Å². The maximum atomic E-state index is 13.6. The molecule has 0 unspecified atom stereocenters. The molecule has 43 heavy (non-hydrogen) atoms. The second-order valence-corrected chi connectivity index (χ2v) is 11.4. The lowest BCUT2D eigenvalue weighted by Gasteiger charge is -2.41. The molecule has 0 saturated carbocycles. The van der Waals surface area contributed by atoms with Gasteiger partial charge in [-0.2, -0.15) is 26.3 Å². The predicted molar refractivity (Wildman–Crippen MR) is 147 cm³/mol. The molecular formula is C31H34F6N4O2. The molecule has 2 aliphatic rings. The van der Waals surface area contributed by atoms with Crippen LogP contribution >= 0.6 is 0 Å². The molecule has 2 fully saturated rings. The molecule has 0 bridgehead atoms. The van der Waals surface area contributed by atoms with Crippen LogP contribution < -0.4 is 0 Å². The molecular weight excluding hydrogens is 574 g/mol. The summed E-state index contributed by atoms with van der Waals surface area (Å²) in [6.07, 6.45) is -4.81. The molecule has 2 saturated heterocycles. The molecule has 6 nitrogen and oxygen atoms in total. The number of likely N-dealkylation sites (tertiary alicyclic amines) is 2. The van der Waals surface area contributed by atoms with Crippen molar-refractivity contribution in [2.75, 3.05) is 26.2 Å². The molecule has 12 heteroatoms. The zero-order valence-electron chi connectivity index (χ0n) is 23.7. The molecule has 2 atom stereocenters. The lowest BCUT2D eigenvalue weighted by molar-refractivity contribution is -0.143. The van der Waals surface area contributed by atoms with Gasteiger partial charge in [0.15, 0.2) is 0 Å². The smallest absolute Gasteiger partial charge is 0.373 e. The van der Waals surface area contributed by atoms with Gasteiger partial charge in [-0.25, -0.2) is 4.98 Å². The van der Waals surface area contributed by atoms with Gasteiger partial charge in [0.1, 0.15) is 5.82 Å². The number of carbonyl (C=O) groups is 1. The van der Waals surface area contributed by atoms with Crippen LogP contribution in [0.25, 0.3) is 0 Å². The van der Waals surface area contributed by atoms with Gasteiger partial charge in [0, 0.05) is 44.4 Å². The fourth-order valence-corrected chi connectivity index (χ4v) is 6.00. The highest BCUT2D eigenvalue weighted by Gasteiger charge is 2.39. The lowest BCUT2D eigenvalue weighted by atomic mass is 9.86. The van der Waals surface area contributed by atoms with E-state index in [0.717, 1.165) is 43.9 Å². The summed E-state index contributed by atoms with van der Waals surface area (Å²) in [5.41, 5.74) is -2.04. The zero-order valence-corrected chi connectivity index (χ0v) is 23.7. The minimum Gasteiger partial charge on any atom is -0.373 e. The highest BCUT2D eigenvalue weighted by atomic mass is 19.4. The van der Waals surface area contributed by atoms with Crippen molar-refractivity contribution in [2.45, 2.75) is 56.8 Å². The van der Waals surface area contributed by atoms with E-state index in [9.17, 15) is 31.1 Å². The van der Waals surface area contributed by atoms with Gasteiger partial charge in [-0.15, -0.1) is 0 Å². The van der Waals surface area contributed by atoms with Gasteiger partial charge >= 0.3 is 12.4 Å². The van der Waals surface area contributed by atoms with Crippen molar-refractivity contribution in [1.82, 2.24) is 19.4 Å². The van der Waals surface area contributed by atoms with Crippen molar-refractivity contribution >= 4 is 5.91 Å². The number of ether oxygens (including phenoxy) is 1. The summed E-state index contributed by atoms with van der Waals surface area (Å²) < 4.78 is 88.2. The van der Waals surface area contributed by atoms with Gasteiger partial charge in [0.05, 0.1) is 30.4 Å². The SMILES string of the molecule is Cn1ccnc1CN1CCC(C(=O)N2CC[C@H](OCc3cc(C(F)(F)F)cc(C(F)(F)F)c3)[C@H](c3ccccc3)C2)CC1. The van der Waals surface area contributed by atoms with E-state index in [-0.39, 0.29) is 29.4 Å². The standard InChI is InChI=1S/C31H34F6N4O2/c1-39-14-10-38-28(39)19-40-11-7-23(8-12-40)29(42)41-13-9-27(26(18-41)22-5-3-2-4-6-22)43-20-21-15-24(30(32,33)34)17-25(16-21)31(35,36)37/h2-6,10,14-17,23,26-27H,7-9,11-13,18-20H2,1H3/t26-,27-/m0/s1. The Kier molecular flexibility index (Phi) is 9.17. The van der Waals surface area contributed by atoms with Gasteiger partial charge < -0.3 is 14.2 Å². The number of carbonyl (C=O) groups excluding carboxylic acids is 1. The number of nitrogens with zero attached hydrogens (tertiary/aromatic N) is 4. The summed E-state index contributed by atoms with van der Waals surface area (Å²) >= 11 is 0. The fraction of sp³-hybridized carbons (Fsp3) is 0.484. The summed E-state index contributed by atoms with van der Waals surface area (Å²) in [6, 6.07) is 10.9. The van der Waals surface area contributed by atoms with Gasteiger partial charge in [0.2, 0.25) is 5.91 Å². The number of hydrogen-bond donors (Lipinski definition) is 0. The normalized spacial score (nSPS) is 20.9. The Morgan fingerprint density at radius 3 is 2.16 bits per heavy atom. The number of hydrogen-bond acceptors (Lipinski definition) is 4. The second-order valence-electron chi connectivity index (χ2n) is 11.4. The van der Waals surface area contributed by atoms with Gasteiger partial charge in [-0.05, 0) is 61.7 Å². The summed E-state index contributed by atoms with van der Waals surface area (Å²) in [6.45, 7) is 2.63. The molecule has 0 spiro atoms. The van der Waals surface area contributed by atoms with Crippen molar-refractivity contribution in [2.24, 2.45) is 13.0 Å². The lowest BCUT2D eigenvalue weighted by Crippen LogP contribution is -2.49. The van der Waals surface area contributed by atoms with Gasteiger partial charge in [0.25, 0.3) is 0 Å². The quantitative estimate of drug-likeness (QED) is 0.297. The molecule has 3 heterocycles.